The van der Waals surface area contributed by atoms with Crippen LogP contribution in [0.2, 0.25) is 0 Å². The molecule has 0 aliphatic heterocycles. The summed E-state index contributed by atoms with van der Waals surface area (Å²) >= 11 is 0. The van der Waals surface area contributed by atoms with Crippen molar-refractivity contribution in [1.29, 1.82) is 0 Å². The van der Waals surface area contributed by atoms with Gasteiger partial charge in [-0.25, -0.2) is 0 Å². The maximum absolute atomic E-state index is 6.07. The molecule has 0 bridgehead atoms. The molecule has 0 atom stereocenters. The van der Waals surface area contributed by atoms with Crippen molar-refractivity contribution < 1.29 is 4.74 Å². The Labute approximate surface area is 112 Å². The first-order valence-electron chi connectivity index (χ1n) is 6.20. The average molecular weight is 252 g/mol. The highest BCUT2D eigenvalue weighted by Gasteiger charge is 2.07. The lowest BCUT2D eigenvalue weighted by molar-refractivity contribution is 0.415. The van der Waals surface area contributed by atoms with Gasteiger partial charge < -0.3 is 15.0 Å². The molecule has 0 radical (unpaired) electrons. The maximum atomic E-state index is 6.07. The van der Waals surface area contributed by atoms with Crippen LogP contribution in [0.3, 0.4) is 0 Å². The van der Waals surface area contributed by atoms with Crippen molar-refractivity contribution in [3.05, 3.63) is 54.2 Å². The van der Waals surface area contributed by atoms with Crippen LogP contribution in [0, 0.1) is 6.92 Å². The van der Waals surface area contributed by atoms with Crippen LogP contribution in [0.4, 0.5) is 5.69 Å². The fraction of sp³-hybridized carbons (Fsp3) is 0.125. The topological polar surface area (TPSA) is 40.2 Å². The molecule has 0 spiro atoms. The highest BCUT2D eigenvalue weighted by atomic mass is 16.5. The summed E-state index contributed by atoms with van der Waals surface area (Å²) in [6.45, 7) is 2.08. The van der Waals surface area contributed by atoms with Gasteiger partial charge in [0.2, 0.25) is 0 Å². The highest BCUT2D eigenvalue weighted by molar-refractivity contribution is 5.93. The van der Waals surface area contributed by atoms with Crippen molar-refractivity contribution in [3.63, 3.8) is 0 Å². The minimum atomic E-state index is 0.797. The molecule has 19 heavy (non-hydrogen) atoms. The van der Waals surface area contributed by atoms with Gasteiger partial charge in [0.15, 0.2) is 0 Å². The zero-order chi connectivity index (χ0) is 13.4. The zero-order valence-corrected chi connectivity index (χ0v) is 11.1. The van der Waals surface area contributed by atoms with E-state index in [1.165, 1.54) is 5.56 Å². The number of fused-ring (bicyclic) bond motifs is 1. The number of ether oxygens (including phenoxy) is 1. The Balaban J connectivity index is 2.20. The lowest BCUT2D eigenvalue weighted by Gasteiger charge is -2.07. The molecule has 3 nitrogen and oxygen atoms in total. The summed E-state index contributed by atoms with van der Waals surface area (Å²) < 4.78 is 7.29. The number of aromatic nitrogens is 1. The van der Waals surface area contributed by atoms with Crippen LogP contribution in [0.1, 0.15) is 5.56 Å². The Bertz CT molecular complexity index is 726. The zero-order valence-electron chi connectivity index (χ0n) is 11.1. The van der Waals surface area contributed by atoms with E-state index in [0.717, 1.165) is 28.0 Å². The lowest BCUT2D eigenvalue weighted by atomic mass is 10.2. The Hall–Kier alpha value is -2.42. The molecule has 0 aliphatic carbocycles. The van der Waals surface area contributed by atoms with Gasteiger partial charge in [-0.3, -0.25) is 0 Å². The van der Waals surface area contributed by atoms with Gasteiger partial charge in [0.1, 0.15) is 5.75 Å². The van der Waals surface area contributed by atoms with Gasteiger partial charge in [0, 0.05) is 17.3 Å². The first kappa shape index (κ1) is 11.7. The molecule has 3 aromatic rings. The van der Waals surface area contributed by atoms with Crippen LogP contribution in [0.5, 0.6) is 5.75 Å². The van der Waals surface area contributed by atoms with Gasteiger partial charge in [-0.1, -0.05) is 12.1 Å². The largest absolute Gasteiger partial charge is 0.497 e. The van der Waals surface area contributed by atoms with Crippen molar-refractivity contribution >= 4 is 16.6 Å². The smallest absolute Gasteiger partial charge is 0.119 e. The minimum Gasteiger partial charge on any atom is -0.497 e. The standard InChI is InChI=1S/C16H16N2O/c1-11-3-8-14-15(17)10-18(16(14)9-11)12-4-6-13(19-2)7-5-12/h3-10H,17H2,1-2H3. The van der Waals surface area contributed by atoms with Crippen LogP contribution in [-0.2, 0) is 0 Å². The molecule has 0 fully saturated rings. The van der Waals surface area contributed by atoms with Crippen molar-refractivity contribution in [1.82, 2.24) is 4.57 Å². The van der Waals surface area contributed by atoms with Crippen LogP contribution in [0.25, 0.3) is 16.6 Å². The molecule has 0 aliphatic rings. The second-order valence-corrected chi connectivity index (χ2v) is 4.67. The summed E-state index contributed by atoms with van der Waals surface area (Å²) in [6, 6.07) is 14.3. The number of benzene rings is 2. The normalized spacial score (nSPS) is 10.8. The summed E-state index contributed by atoms with van der Waals surface area (Å²) in [5.74, 6) is 0.851. The molecule has 1 aromatic heterocycles. The van der Waals surface area contributed by atoms with Crippen LogP contribution >= 0.6 is 0 Å². The number of nitrogen functional groups attached to an aromatic ring is 1. The highest BCUT2D eigenvalue weighted by Crippen LogP contribution is 2.28. The van der Waals surface area contributed by atoms with E-state index < -0.39 is 0 Å². The van der Waals surface area contributed by atoms with Crippen LogP contribution < -0.4 is 10.5 Å². The molecule has 2 aromatic carbocycles. The molecule has 0 saturated heterocycles. The van der Waals surface area contributed by atoms with Gasteiger partial charge >= 0.3 is 0 Å². The van der Waals surface area contributed by atoms with Gasteiger partial charge in [0.25, 0.3) is 0 Å². The molecule has 3 heteroatoms. The number of aryl methyl sites for hydroxylation is 1. The predicted molar refractivity (Wildman–Crippen MR) is 79.0 cm³/mol. The molecular formula is C16H16N2O. The number of anilines is 1. The van der Waals surface area contributed by atoms with Gasteiger partial charge in [0.05, 0.1) is 18.3 Å². The third kappa shape index (κ3) is 1.93. The number of nitrogens with two attached hydrogens (primary N) is 1. The summed E-state index contributed by atoms with van der Waals surface area (Å²) in [6.07, 6.45) is 1.96. The van der Waals surface area contributed by atoms with Crippen molar-refractivity contribution in [2.75, 3.05) is 12.8 Å². The Morgan fingerprint density at radius 2 is 1.79 bits per heavy atom. The maximum Gasteiger partial charge on any atom is 0.119 e. The molecule has 1 heterocycles. The second kappa shape index (κ2) is 4.35. The summed E-state index contributed by atoms with van der Waals surface area (Å²) in [7, 11) is 1.67. The third-order valence-corrected chi connectivity index (χ3v) is 3.34. The lowest BCUT2D eigenvalue weighted by Crippen LogP contribution is -1.92. The quantitative estimate of drug-likeness (QED) is 0.758. The van der Waals surface area contributed by atoms with Gasteiger partial charge in [-0.15, -0.1) is 0 Å². The molecule has 96 valence electrons. The molecule has 0 amide bonds. The Morgan fingerprint density at radius 3 is 2.47 bits per heavy atom. The van der Waals surface area contributed by atoms with Crippen molar-refractivity contribution in [2.45, 2.75) is 6.92 Å². The van der Waals surface area contributed by atoms with E-state index in [-0.39, 0.29) is 0 Å². The van der Waals surface area contributed by atoms with Gasteiger partial charge in [-0.05, 0) is 42.8 Å². The average Bonchev–Trinajstić information content (AvgIpc) is 2.75. The molecular weight excluding hydrogens is 236 g/mol. The SMILES string of the molecule is COc1ccc(-n2cc(N)c3ccc(C)cc32)cc1. The Morgan fingerprint density at radius 1 is 1.05 bits per heavy atom. The molecule has 2 N–H and O–H groups in total. The van der Waals surface area contributed by atoms with E-state index in [0.29, 0.717) is 0 Å². The van der Waals surface area contributed by atoms with Crippen LogP contribution in [-0.4, -0.2) is 11.7 Å². The summed E-state index contributed by atoms with van der Waals surface area (Å²) in [5, 5.41) is 1.08. The number of hydrogen-bond donors (Lipinski definition) is 1. The number of nitrogens with zero attached hydrogens (tertiary/aromatic N) is 1. The first-order valence-corrected chi connectivity index (χ1v) is 6.20. The van der Waals surface area contributed by atoms with E-state index in [1.54, 1.807) is 7.11 Å². The molecule has 0 unspecified atom stereocenters. The molecule has 3 rings (SSSR count). The number of hydrogen-bond acceptors (Lipinski definition) is 2. The van der Waals surface area contributed by atoms with Crippen molar-refractivity contribution in [2.24, 2.45) is 0 Å². The monoisotopic (exact) mass is 252 g/mol. The first-order chi connectivity index (χ1) is 9.19. The molecule has 0 saturated carbocycles. The van der Waals surface area contributed by atoms with E-state index in [1.807, 2.05) is 30.5 Å². The number of rotatable bonds is 2. The van der Waals surface area contributed by atoms with Crippen molar-refractivity contribution in [3.8, 4) is 11.4 Å². The van der Waals surface area contributed by atoms with Gasteiger partial charge in [-0.2, -0.15) is 0 Å². The Kier molecular flexibility index (Phi) is 2.67. The van der Waals surface area contributed by atoms with E-state index in [2.05, 4.69) is 29.7 Å². The fourth-order valence-corrected chi connectivity index (χ4v) is 2.32. The fourth-order valence-electron chi connectivity index (χ4n) is 2.32. The van der Waals surface area contributed by atoms with E-state index >= 15 is 0 Å². The third-order valence-electron chi connectivity index (χ3n) is 3.34. The number of methoxy groups -OCH3 is 1. The van der Waals surface area contributed by atoms with Crippen LogP contribution in [0.15, 0.2) is 48.7 Å². The predicted octanol–water partition coefficient (Wildman–Crippen LogP) is 3.53. The summed E-state index contributed by atoms with van der Waals surface area (Å²) in [4.78, 5) is 0. The minimum absolute atomic E-state index is 0.797. The van der Waals surface area contributed by atoms with E-state index in [4.69, 9.17) is 10.5 Å². The summed E-state index contributed by atoms with van der Waals surface area (Å²) in [5.41, 5.74) is 10.3. The van der Waals surface area contributed by atoms with E-state index in [9.17, 15) is 0 Å². The second-order valence-electron chi connectivity index (χ2n) is 4.67.